The van der Waals surface area contributed by atoms with Crippen molar-refractivity contribution in [2.75, 3.05) is 25.1 Å². The van der Waals surface area contributed by atoms with Crippen molar-refractivity contribution in [1.29, 1.82) is 0 Å². The van der Waals surface area contributed by atoms with Gasteiger partial charge in [0.2, 0.25) is 5.91 Å². The Morgan fingerprint density at radius 1 is 1.35 bits per heavy atom. The van der Waals surface area contributed by atoms with Gasteiger partial charge in [0.15, 0.2) is 5.78 Å². The number of rotatable bonds is 4. The van der Waals surface area contributed by atoms with Gasteiger partial charge in [-0.2, -0.15) is 11.8 Å². The molecule has 0 unspecified atom stereocenters. The molecule has 0 aromatic heterocycles. The third-order valence-electron chi connectivity index (χ3n) is 3.54. The molecule has 1 heterocycles. The molecule has 3 nitrogen and oxygen atoms in total. The van der Waals surface area contributed by atoms with Gasteiger partial charge in [0.05, 0.1) is 5.75 Å². The van der Waals surface area contributed by atoms with Crippen molar-refractivity contribution in [1.82, 2.24) is 4.90 Å². The Morgan fingerprint density at radius 3 is 2.70 bits per heavy atom. The van der Waals surface area contributed by atoms with Crippen LogP contribution in [0.4, 0.5) is 4.39 Å². The van der Waals surface area contributed by atoms with Gasteiger partial charge in [0.1, 0.15) is 5.82 Å². The lowest BCUT2D eigenvalue weighted by atomic mass is 9.90. The fourth-order valence-corrected chi connectivity index (χ4v) is 2.91. The number of carbonyl (C=O) groups excluding carboxylic acids is 2. The molecule has 1 saturated heterocycles. The Balaban J connectivity index is 2.03. The van der Waals surface area contributed by atoms with E-state index in [4.69, 9.17) is 0 Å². The second-order valence-electron chi connectivity index (χ2n) is 4.98. The van der Waals surface area contributed by atoms with Crippen molar-refractivity contribution in [2.45, 2.75) is 12.8 Å². The summed E-state index contributed by atoms with van der Waals surface area (Å²) in [5, 5.41) is 0. The number of likely N-dealkylation sites (tertiary alicyclic amines) is 1. The minimum absolute atomic E-state index is 0.00616. The van der Waals surface area contributed by atoms with Gasteiger partial charge in [-0.25, -0.2) is 4.39 Å². The Hall–Kier alpha value is -1.36. The highest BCUT2D eigenvalue weighted by molar-refractivity contribution is 7.99. The minimum atomic E-state index is -0.345. The molecule has 1 aliphatic rings. The molecule has 0 spiro atoms. The molecule has 1 amide bonds. The summed E-state index contributed by atoms with van der Waals surface area (Å²) in [7, 11) is 0. The maximum atomic E-state index is 12.9. The quantitative estimate of drug-likeness (QED) is 0.801. The van der Waals surface area contributed by atoms with E-state index >= 15 is 0 Å². The number of hydrogen-bond acceptors (Lipinski definition) is 3. The maximum absolute atomic E-state index is 12.9. The summed E-state index contributed by atoms with van der Waals surface area (Å²) in [5.41, 5.74) is 0.524. The first-order valence-corrected chi connectivity index (χ1v) is 8.07. The molecule has 0 aliphatic carbocycles. The number of halogens is 1. The first kappa shape index (κ1) is 15.0. The van der Waals surface area contributed by atoms with Crippen molar-refractivity contribution in [3.8, 4) is 0 Å². The van der Waals surface area contributed by atoms with Crippen LogP contribution in [0.15, 0.2) is 24.3 Å². The Kier molecular flexibility index (Phi) is 5.17. The molecule has 2 rings (SSSR count). The van der Waals surface area contributed by atoms with Crippen LogP contribution in [0.5, 0.6) is 0 Å². The molecular formula is C15H18FNO2S. The highest BCUT2D eigenvalue weighted by Gasteiger charge is 2.28. The third-order valence-corrected chi connectivity index (χ3v) is 4.08. The van der Waals surface area contributed by atoms with Gasteiger partial charge in [-0.05, 0) is 43.4 Å². The molecule has 1 atom stereocenters. The van der Waals surface area contributed by atoms with E-state index in [1.165, 1.54) is 36.0 Å². The second-order valence-corrected chi connectivity index (χ2v) is 5.85. The monoisotopic (exact) mass is 295 g/mol. The van der Waals surface area contributed by atoms with Gasteiger partial charge in [0.25, 0.3) is 0 Å². The number of nitrogens with zero attached hydrogens (tertiary/aromatic N) is 1. The third kappa shape index (κ3) is 3.60. The zero-order chi connectivity index (χ0) is 14.5. The van der Waals surface area contributed by atoms with Crippen molar-refractivity contribution in [3.63, 3.8) is 0 Å². The number of thioether (sulfide) groups is 1. The molecule has 0 saturated carbocycles. The summed E-state index contributed by atoms with van der Waals surface area (Å²) in [6.45, 7) is 1.21. The molecule has 5 heteroatoms. The van der Waals surface area contributed by atoms with Gasteiger partial charge in [0, 0.05) is 24.6 Å². The highest BCUT2D eigenvalue weighted by Crippen LogP contribution is 2.21. The molecule has 0 radical (unpaired) electrons. The average Bonchev–Trinajstić information content (AvgIpc) is 2.48. The summed E-state index contributed by atoms with van der Waals surface area (Å²) in [6.07, 6.45) is 3.53. The van der Waals surface area contributed by atoms with Crippen LogP contribution in [0.2, 0.25) is 0 Å². The number of benzene rings is 1. The number of Topliss-reactive ketones (excluding diaryl/α,β-unsaturated/α-hetero) is 1. The van der Waals surface area contributed by atoms with E-state index in [-0.39, 0.29) is 23.4 Å². The second kappa shape index (κ2) is 6.88. The van der Waals surface area contributed by atoms with Crippen LogP contribution in [0.3, 0.4) is 0 Å². The lowest BCUT2D eigenvalue weighted by Gasteiger charge is -2.32. The largest absolute Gasteiger partial charge is 0.341 e. The molecule has 0 bridgehead atoms. The van der Waals surface area contributed by atoms with E-state index in [2.05, 4.69) is 0 Å². The number of piperidine rings is 1. The predicted octanol–water partition coefficient (Wildman–Crippen LogP) is 2.61. The topological polar surface area (TPSA) is 37.4 Å². The average molecular weight is 295 g/mol. The summed E-state index contributed by atoms with van der Waals surface area (Å²) >= 11 is 1.49. The van der Waals surface area contributed by atoms with Crippen LogP contribution < -0.4 is 0 Å². The highest BCUT2D eigenvalue weighted by atomic mass is 32.2. The van der Waals surface area contributed by atoms with Gasteiger partial charge in [-0.3, -0.25) is 9.59 Å². The van der Waals surface area contributed by atoms with Crippen LogP contribution in [0.25, 0.3) is 0 Å². The Bertz CT molecular complexity index is 489. The van der Waals surface area contributed by atoms with Crippen LogP contribution in [0, 0.1) is 11.7 Å². The molecule has 1 aromatic rings. The van der Waals surface area contributed by atoms with Crippen LogP contribution in [-0.4, -0.2) is 41.7 Å². The van der Waals surface area contributed by atoms with E-state index in [1.54, 1.807) is 4.90 Å². The van der Waals surface area contributed by atoms with Crippen LogP contribution >= 0.6 is 11.8 Å². The fourth-order valence-electron chi connectivity index (χ4n) is 2.48. The fraction of sp³-hybridized carbons (Fsp3) is 0.467. The van der Waals surface area contributed by atoms with Crippen molar-refractivity contribution in [2.24, 2.45) is 5.92 Å². The van der Waals surface area contributed by atoms with Gasteiger partial charge in [-0.15, -0.1) is 0 Å². The van der Waals surface area contributed by atoms with E-state index in [0.717, 1.165) is 19.4 Å². The standard InChI is InChI=1S/C15H18FNO2S/c1-20-10-14(18)17-8-2-3-12(9-17)15(19)11-4-6-13(16)7-5-11/h4-7,12H,2-3,8-10H2,1H3/t12-/m0/s1. The SMILES string of the molecule is CSCC(=O)N1CCC[C@H](C(=O)c2ccc(F)cc2)C1. The number of hydrogen-bond donors (Lipinski definition) is 0. The summed E-state index contributed by atoms with van der Waals surface area (Å²) in [4.78, 5) is 26.0. The van der Waals surface area contributed by atoms with Crippen molar-refractivity contribution < 1.29 is 14.0 Å². The normalized spacial score (nSPS) is 18.9. The molecule has 1 aliphatic heterocycles. The number of carbonyl (C=O) groups is 2. The lowest BCUT2D eigenvalue weighted by Crippen LogP contribution is -2.43. The zero-order valence-corrected chi connectivity index (χ0v) is 12.3. The smallest absolute Gasteiger partial charge is 0.232 e. The first-order valence-electron chi connectivity index (χ1n) is 6.68. The van der Waals surface area contributed by atoms with Gasteiger partial charge >= 0.3 is 0 Å². The first-order chi connectivity index (χ1) is 9.61. The summed E-state index contributed by atoms with van der Waals surface area (Å²) < 4.78 is 12.9. The zero-order valence-electron chi connectivity index (χ0n) is 11.5. The van der Waals surface area contributed by atoms with Crippen molar-refractivity contribution >= 4 is 23.5 Å². The number of amides is 1. The van der Waals surface area contributed by atoms with E-state index in [0.29, 0.717) is 17.9 Å². The molecule has 108 valence electrons. The van der Waals surface area contributed by atoms with E-state index in [9.17, 15) is 14.0 Å². The number of ketones is 1. The molecular weight excluding hydrogens is 277 g/mol. The van der Waals surface area contributed by atoms with E-state index < -0.39 is 0 Å². The predicted molar refractivity (Wildman–Crippen MR) is 78.4 cm³/mol. The van der Waals surface area contributed by atoms with Gasteiger partial charge < -0.3 is 4.90 Å². The molecule has 1 fully saturated rings. The Labute approximate surface area is 122 Å². The summed E-state index contributed by atoms with van der Waals surface area (Å²) in [6, 6.07) is 5.63. The van der Waals surface area contributed by atoms with Crippen molar-refractivity contribution in [3.05, 3.63) is 35.6 Å². The van der Waals surface area contributed by atoms with Gasteiger partial charge in [-0.1, -0.05) is 0 Å². The lowest BCUT2D eigenvalue weighted by molar-refractivity contribution is -0.129. The summed E-state index contributed by atoms with van der Waals surface area (Å²) in [5.74, 6) is 0.0417. The maximum Gasteiger partial charge on any atom is 0.232 e. The van der Waals surface area contributed by atoms with E-state index in [1.807, 2.05) is 6.26 Å². The molecule has 1 aromatic carbocycles. The van der Waals surface area contributed by atoms with Crippen LogP contribution in [-0.2, 0) is 4.79 Å². The minimum Gasteiger partial charge on any atom is -0.341 e. The molecule has 20 heavy (non-hydrogen) atoms. The molecule has 0 N–H and O–H groups in total. The van der Waals surface area contributed by atoms with Crippen LogP contribution in [0.1, 0.15) is 23.2 Å². The Morgan fingerprint density at radius 2 is 2.05 bits per heavy atom.